The lowest BCUT2D eigenvalue weighted by Crippen LogP contribution is -2.58. The molecule has 2 aliphatic heterocycles. The van der Waals surface area contributed by atoms with Crippen LogP contribution in [-0.2, 0) is 24.6 Å². The zero-order chi connectivity index (χ0) is 22.9. The van der Waals surface area contributed by atoms with Crippen LogP contribution in [0.15, 0.2) is 24.3 Å². The van der Waals surface area contributed by atoms with E-state index in [0.29, 0.717) is 19.5 Å². The summed E-state index contributed by atoms with van der Waals surface area (Å²) in [5.74, 6) is -2.06. The van der Waals surface area contributed by atoms with E-state index < -0.39 is 29.1 Å². The summed E-state index contributed by atoms with van der Waals surface area (Å²) in [5.41, 5.74) is -1.50. The molecule has 2 heterocycles. The molecule has 2 saturated heterocycles. The van der Waals surface area contributed by atoms with Crippen molar-refractivity contribution in [2.45, 2.75) is 75.8 Å². The van der Waals surface area contributed by atoms with Crippen LogP contribution < -0.4 is 5.32 Å². The predicted octanol–water partition coefficient (Wildman–Crippen LogP) is 2.28. The molecule has 1 N–H and O–H groups in total. The molecule has 172 valence electrons. The average molecular weight is 444 g/mol. The highest BCUT2D eigenvalue weighted by molar-refractivity contribution is 6.11. The van der Waals surface area contributed by atoms with Gasteiger partial charge in [0, 0.05) is 37.5 Å². The van der Waals surface area contributed by atoms with Crippen LogP contribution in [-0.4, -0.2) is 58.6 Å². The van der Waals surface area contributed by atoms with Gasteiger partial charge in [0.2, 0.25) is 23.6 Å². The molecule has 0 radical (unpaired) electrons. The number of hydrogen-bond acceptors (Lipinski definition) is 4. The molecular formula is C24H30FN3O4. The van der Waals surface area contributed by atoms with Crippen molar-refractivity contribution in [3.8, 4) is 0 Å². The first-order valence-corrected chi connectivity index (χ1v) is 11.6. The second-order valence-electron chi connectivity index (χ2n) is 9.08. The number of carbonyl (C=O) groups is 4. The fourth-order valence-electron chi connectivity index (χ4n) is 5.54. The lowest BCUT2D eigenvalue weighted by Gasteiger charge is -2.37. The van der Waals surface area contributed by atoms with Gasteiger partial charge in [0.15, 0.2) is 0 Å². The van der Waals surface area contributed by atoms with E-state index in [1.54, 1.807) is 6.07 Å². The van der Waals surface area contributed by atoms with Crippen LogP contribution in [0.2, 0.25) is 0 Å². The first-order chi connectivity index (χ1) is 15.4. The molecule has 8 heteroatoms. The maximum Gasteiger partial charge on any atom is 0.242 e. The highest BCUT2D eigenvalue weighted by Gasteiger charge is 2.57. The van der Waals surface area contributed by atoms with Crippen LogP contribution in [0, 0.1) is 5.82 Å². The Labute approximate surface area is 187 Å². The third-order valence-corrected chi connectivity index (χ3v) is 7.17. The third-order valence-electron chi connectivity index (χ3n) is 7.17. The SMILES string of the molecule is CCC1C(=O)NCCN1C(=O)CC1(c2ccccc2F)CC(=O)N(C2CCCCC2)C1=O. The van der Waals surface area contributed by atoms with Crippen molar-refractivity contribution < 1.29 is 23.6 Å². The van der Waals surface area contributed by atoms with Crippen molar-refractivity contribution in [2.24, 2.45) is 0 Å². The summed E-state index contributed by atoms with van der Waals surface area (Å²) in [6.45, 7) is 2.47. The van der Waals surface area contributed by atoms with Gasteiger partial charge in [-0.25, -0.2) is 4.39 Å². The molecule has 7 nitrogen and oxygen atoms in total. The average Bonchev–Trinajstić information content (AvgIpc) is 3.04. The second-order valence-corrected chi connectivity index (χ2v) is 9.08. The van der Waals surface area contributed by atoms with Crippen molar-refractivity contribution in [3.05, 3.63) is 35.6 Å². The molecule has 0 bridgehead atoms. The number of amides is 4. The van der Waals surface area contributed by atoms with E-state index in [4.69, 9.17) is 0 Å². The monoisotopic (exact) mass is 443 g/mol. The molecule has 0 aromatic heterocycles. The van der Waals surface area contributed by atoms with Gasteiger partial charge in [-0.1, -0.05) is 44.4 Å². The lowest BCUT2D eigenvalue weighted by molar-refractivity contribution is -0.148. The van der Waals surface area contributed by atoms with Gasteiger partial charge in [0.25, 0.3) is 0 Å². The van der Waals surface area contributed by atoms with Gasteiger partial charge < -0.3 is 10.2 Å². The molecule has 32 heavy (non-hydrogen) atoms. The fraction of sp³-hybridized carbons (Fsp3) is 0.583. The van der Waals surface area contributed by atoms with Crippen LogP contribution in [0.4, 0.5) is 4.39 Å². The Bertz CT molecular complexity index is 930. The van der Waals surface area contributed by atoms with Crippen LogP contribution in [0.5, 0.6) is 0 Å². The minimum Gasteiger partial charge on any atom is -0.353 e. The molecule has 2 unspecified atom stereocenters. The Morgan fingerprint density at radius 2 is 1.88 bits per heavy atom. The van der Waals surface area contributed by atoms with E-state index in [1.165, 1.54) is 28.0 Å². The summed E-state index contributed by atoms with van der Waals surface area (Å²) in [5, 5.41) is 2.76. The van der Waals surface area contributed by atoms with E-state index >= 15 is 0 Å². The minimum absolute atomic E-state index is 0.0829. The number of piperazine rings is 1. The third kappa shape index (κ3) is 3.80. The largest absolute Gasteiger partial charge is 0.353 e. The molecule has 3 aliphatic rings. The Balaban J connectivity index is 1.71. The van der Waals surface area contributed by atoms with E-state index in [-0.39, 0.29) is 36.3 Å². The van der Waals surface area contributed by atoms with Crippen molar-refractivity contribution in [1.29, 1.82) is 0 Å². The maximum atomic E-state index is 15.0. The van der Waals surface area contributed by atoms with Gasteiger partial charge in [0.1, 0.15) is 11.9 Å². The Morgan fingerprint density at radius 3 is 2.56 bits per heavy atom. The van der Waals surface area contributed by atoms with Crippen molar-refractivity contribution in [3.63, 3.8) is 0 Å². The van der Waals surface area contributed by atoms with Gasteiger partial charge in [-0.05, 0) is 25.3 Å². The summed E-state index contributed by atoms with van der Waals surface area (Å²) in [4.78, 5) is 55.4. The Kier molecular flexibility index (Phi) is 6.31. The molecule has 2 atom stereocenters. The van der Waals surface area contributed by atoms with E-state index in [9.17, 15) is 23.6 Å². The van der Waals surface area contributed by atoms with Gasteiger partial charge in [0.05, 0.1) is 5.41 Å². The number of halogens is 1. The number of benzene rings is 1. The van der Waals surface area contributed by atoms with E-state index in [0.717, 1.165) is 32.1 Å². The van der Waals surface area contributed by atoms with Crippen molar-refractivity contribution in [2.75, 3.05) is 13.1 Å². The number of carbonyl (C=O) groups excluding carboxylic acids is 4. The molecule has 4 rings (SSSR count). The van der Waals surface area contributed by atoms with Gasteiger partial charge in [-0.2, -0.15) is 0 Å². The normalized spacial score (nSPS) is 27.1. The number of imide groups is 1. The molecule has 1 aliphatic carbocycles. The lowest BCUT2D eigenvalue weighted by atomic mass is 9.75. The quantitative estimate of drug-likeness (QED) is 0.708. The van der Waals surface area contributed by atoms with Gasteiger partial charge in [-0.15, -0.1) is 0 Å². The molecule has 4 amide bonds. The number of nitrogens with one attached hydrogen (secondary N) is 1. The van der Waals surface area contributed by atoms with Crippen LogP contribution in [0.3, 0.4) is 0 Å². The maximum absolute atomic E-state index is 15.0. The Morgan fingerprint density at radius 1 is 1.16 bits per heavy atom. The molecule has 1 saturated carbocycles. The molecule has 1 aromatic carbocycles. The van der Waals surface area contributed by atoms with Crippen LogP contribution in [0.1, 0.15) is 63.9 Å². The van der Waals surface area contributed by atoms with Crippen LogP contribution >= 0.6 is 0 Å². The number of nitrogens with zero attached hydrogens (tertiary/aromatic N) is 2. The minimum atomic E-state index is -1.58. The molecule has 3 fully saturated rings. The zero-order valence-corrected chi connectivity index (χ0v) is 18.4. The molecule has 0 spiro atoms. The molecule has 1 aromatic rings. The zero-order valence-electron chi connectivity index (χ0n) is 18.4. The summed E-state index contributed by atoms with van der Waals surface area (Å²) < 4.78 is 15.0. The highest BCUT2D eigenvalue weighted by Crippen LogP contribution is 2.43. The van der Waals surface area contributed by atoms with Crippen molar-refractivity contribution in [1.82, 2.24) is 15.1 Å². The van der Waals surface area contributed by atoms with Crippen molar-refractivity contribution >= 4 is 23.6 Å². The summed E-state index contributed by atoms with van der Waals surface area (Å²) in [7, 11) is 0. The summed E-state index contributed by atoms with van der Waals surface area (Å²) in [6.07, 6.45) is 4.30. The summed E-state index contributed by atoms with van der Waals surface area (Å²) >= 11 is 0. The van der Waals surface area contributed by atoms with Crippen LogP contribution in [0.25, 0.3) is 0 Å². The van der Waals surface area contributed by atoms with E-state index in [2.05, 4.69) is 5.32 Å². The smallest absolute Gasteiger partial charge is 0.242 e. The fourth-order valence-corrected chi connectivity index (χ4v) is 5.54. The first-order valence-electron chi connectivity index (χ1n) is 11.6. The second kappa shape index (κ2) is 9.00. The highest BCUT2D eigenvalue weighted by atomic mass is 19.1. The van der Waals surface area contributed by atoms with E-state index in [1.807, 2.05) is 6.92 Å². The summed E-state index contributed by atoms with van der Waals surface area (Å²) in [6, 6.07) is 5.07. The number of likely N-dealkylation sites (tertiary alicyclic amines) is 1. The number of rotatable bonds is 5. The topological polar surface area (TPSA) is 86.8 Å². The predicted molar refractivity (Wildman–Crippen MR) is 115 cm³/mol. The Hall–Kier alpha value is -2.77. The van der Waals surface area contributed by atoms with Gasteiger partial charge >= 0.3 is 0 Å². The standard InChI is InChI=1S/C24H30FN3O4/c1-2-19-22(31)26-12-13-27(19)20(29)14-24(17-10-6-7-11-18(17)25)15-21(30)28(23(24)32)16-8-4-3-5-9-16/h6-7,10-11,16,19H,2-5,8-9,12-15H2,1H3,(H,26,31). The number of hydrogen-bond donors (Lipinski definition) is 1. The van der Waals surface area contributed by atoms with Gasteiger partial charge in [-0.3, -0.25) is 24.1 Å². The molecular weight excluding hydrogens is 413 g/mol. The first kappa shape index (κ1) is 22.4.